The largest absolute Gasteiger partial charge is 0.493 e. The molecular weight excluding hydrogens is 510 g/mol. The van der Waals surface area contributed by atoms with Gasteiger partial charge in [-0.3, -0.25) is 9.59 Å². The molecule has 1 heterocycles. The van der Waals surface area contributed by atoms with Crippen molar-refractivity contribution < 1.29 is 19.1 Å². The molecule has 0 bridgehead atoms. The van der Waals surface area contributed by atoms with Crippen LogP contribution >= 0.6 is 15.9 Å². The Bertz CT molecular complexity index is 1340. The molecule has 0 spiro atoms. The molecule has 8 heteroatoms. The predicted molar refractivity (Wildman–Crippen MR) is 141 cm³/mol. The summed E-state index contributed by atoms with van der Waals surface area (Å²) in [5.74, 6) is 0.315. The molecule has 0 atom stereocenters. The van der Waals surface area contributed by atoms with Crippen LogP contribution in [0.25, 0.3) is 6.08 Å². The smallest absolute Gasteiger partial charge is 0.280 e. The number of hydrogen-bond donors (Lipinski definition) is 1. The van der Waals surface area contributed by atoms with Crippen molar-refractivity contribution in [3.8, 4) is 11.5 Å². The monoisotopic (exact) mass is 533 g/mol. The van der Waals surface area contributed by atoms with E-state index in [4.69, 9.17) is 9.47 Å². The normalized spacial score (nSPS) is 14.2. The molecular formula is C27H24BrN3O4. The van der Waals surface area contributed by atoms with Gasteiger partial charge in [-0.15, -0.1) is 0 Å². The number of halogens is 1. The Morgan fingerprint density at radius 3 is 2.57 bits per heavy atom. The Morgan fingerprint density at radius 2 is 1.86 bits per heavy atom. The van der Waals surface area contributed by atoms with Crippen LogP contribution in [-0.4, -0.2) is 31.2 Å². The van der Waals surface area contributed by atoms with Crippen molar-refractivity contribution in [2.45, 2.75) is 13.8 Å². The molecule has 4 rings (SSSR count). The van der Waals surface area contributed by atoms with Gasteiger partial charge in [0.05, 0.1) is 28.6 Å². The van der Waals surface area contributed by atoms with Gasteiger partial charge in [0.25, 0.3) is 11.8 Å². The van der Waals surface area contributed by atoms with E-state index < -0.39 is 0 Å². The topological polar surface area (TPSA) is 80.2 Å². The predicted octanol–water partition coefficient (Wildman–Crippen LogP) is 5.59. The van der Waals surface area contributed by atoms with Crippen LogP contribution in [0.3, 0.4) is 0 Å². The molecule has 3 aromatic rings. The number of anilines is 2. The highest BCUT2D eigenvalue weighted by atomic mass is 79.9. The number of nitrogens with zero attached hydrogens (tertiary/aromatic N) is 2. The minimum absolute atomic E-state index is 0.195. The van der Waals surface area contributed by atoms with Crippen LogP contribution in [0.2, 0.25) is 0 Å². The van der Waals surface area contributed by atoms with Crippen molar-refractivity contribution in [1.29, 1.82) is 0 Å². The van der Waals surface area contributed by atoms with E-state index in [9.17, 15) is 9.59 Å². The number of aryl methyl sites for hydroxylation is 1. The molecule has 0 unspecified atom stereocenters. The lowest BCUT2D eigenvalue weighted by molar-refractivity contribution is -0.118. The third-order valence-electron chi connectivity index (χ3n) is 5.28. The molecule has 0 saturated heterocycles. The zero-order valence-corrected chi connectivity index (χ0v) is 21.1. The number of ether oxygens (including phenoxy) is 2. The van der Waals surface area contributed by atoms with E-state index in [1.165, 1.54) is 12.1 Å². The summed E-state index contributed by atoms with van der Waals surface area (Å²) in [6.07, 6.45) is 1.76. The van der Waals surface area contributed by atoms with Gasteiger partial charge in [0.15, 0.2) is 18.1 Å². The molecule has 178 valence electrons. The molecule has 0 fully saturated rings. The van der Waals surface area contributed by atoms with Crippen molar-refractivity contribution in [3.63, 3.8) is 0 Å². The average molecular weight is 534 g/mol. The van der Waals surface area contributed by atoms with E-state index in [2.05, 4.69) is 26.3 Å². The second-order valence-corrected chi connectivity index (χ2v) is 8.79. The SMILES string of the molecule is COc1cc(/C=C2/C(=O)N(c3ccccc3)N=C2C)cc(Br)c1OCC(=O)Nc1cccc(C)c1. The fourth-order valence-corrected chi connectivity index (χ4v) is 4.19. The summed E-state index contributed by atoms with van der Waals surface area (Å²) in [6.45, 7) is 3.56. The molecule has 35 heavy (non-hydrogen) atoms. The van der Waals surface area contributed by atoms with Crippen molar-refractivity contribution in [1.82, 2.24) is 0 Å². The zero-order valence-electron chi connectivity index (χ0n) is 19.5. The van der Waals surface area contributed by atoms with Gasteiger partial charge in [0.1, 0.15) is 0 Å². The highest BCUT2D eigenvalue weighted by molar-refractivity contribution is 9.10. The van der Waals surface area contributed by atoms with Crippen molar-refractivity contribution in [2.75, 3.05) is 24.0 Å². The summed E-state index contributed by atoms with van der Waals surface area (Å²) in [6, 6.07) is 20.3. The Kier molecular flexibility index (Phi) is 7.31. The van der Waals surface area contributed by atoms with Gasteiger partial charge < -0.3 is 14.8 Å². The van der Waals surface area contributed by atoms with E-state index >= 15 is 0 Å². The minimum atomic E-state index is -0.292. The molecule has 0 aromatic heterocycles. The number of carbonyl (C=O) groups is 2. The fourth-order valence-electron chi connectivity index (χ4n) is 3.62. The molecule has 1 aliphatic heterocycles. The maximum atomic E-state index is 13.0. The van der Waals surface area contributed by atoms with Gasteiger partial charge in [-0.05, 0) is 83.4 Å². The number of nitrogens with one attached hydrogen (secondary N) is 1. The van der Waals surface area contributed by atoms with Crippen molar-refractivity contribution in [3.05, 3.63) is 87.9 Å². The summed E-state index contributed by atoms with van der Waals surface area (Å²) in [5.41, 5.74) is 4.26. The lowest BCUT2D eigenvalue weighted by Gasteiger charge is -2.14. The highest BCUT2D eigenvalue weighted by Gasteiger charge is 2.28. The van der Waals surface area contributed by atoms with Crippen LogP contribution in [0.5, 0.6) is 11.5 Å². The molecule has 3 aromatic carbocycles. The third-order valence-corrected chi connectivity index (χ3v) is 5.86. The van der Waals surface area contributed by atoms with E-state index in [0.29, 0.717) is 38.6 Å². The number of hydrogen-bond acceptors (Lipinski definition) is 5. The zero-order chi connectivity index (χ0) is 24.9. The second kappa shape index (κ2) is 10.6. The number of benzene rings is 3. The summed E-state index contributed by atoms with van der Waals surface area (Å²) in [5, 5.41) is 8.61. The number of carbonyl (C=O) groups excluding carboxylic acids is 2. The molecule has 1 aliphatic rings. The lowest BCUT2D eigenvalue weighted by atomic mass is 10.1. The summed E-state index contributed by atoms with van der Waals surface area (Å²) >= 11 is 3.50. The van der Waals surface area contributed by atoms with Gasteiger partial charge in [-0.25, -0.2) is 0 Å². The van der Waals surface area contributed by atoms with Crippen molar-refractivity contribution in [2.24, 2.45) is 5.10 Å². The second-order valence-electron chi connectivity index (χ2n) is 7.94. The Labute approximate surface area is 212 Å². The number of methoxy groups -OCH3 is 1. The van der Waals surface area contributed by atoms with Crippen LogP contribution in [-0.2, 0) is 9.59 Å². The van der Waals surface area contributed by atoms with Crippen LogP contribution in [0.1, 0.15) is 18.1 Å². The minimum Gasteiger partial charge on any atom is -0.493 e. The Hall–Kier alpha value is -3.91. The van der Waals surface area contributed by atoms with Crippen LogP contribution < -0.4 is 19.8 Å². The standard InChI is InChI=1S/C27H24BrN3O4/c1-17-8-7-9-20(12-17)29-25(32)16-35-26-23(28)14-19(15-24(26)34-3)13-22-18(2)30-31(27(22)33)21-10-5-4-6-11-21/h4-15H,16H2,1-3H3,(H,29,32)/b22-13+. The van der Waals surface area contributed by atoms with Crippen LogP contribution in [0.4, 0.5) is 11.4 Å². The first kappa shape index (κ1) is 24.2. The fraction of sp³-hybridized carbons (Fsp3) is 0.148. The Morgan fingerprint density at radius 1 is 1.09 bits per heavy atom. The lowest BCUT2D eigenvalue weighted by Crippen LogP contribution is -2.21. The summed E-state index contributed by atoms with van der Waals surface area (Å²) < 4.78 is 11.9. The molecule has 2 amide bonds. The Balaban J connectivity index is 1.51. The van der Waals surface area contributed by atoms with Crippen LogP contribution in [0.15, 0.2) is 81.9 Å². The van der Waals surface area contributed by atoms with Gasteiger partial charge in [-0.1, -0.05) is 30.3 Å². The number of amides is 2. The first-order chi connectivity index (χ1) is 16.9. The van der Waals surface area contributed by atoms with Gasteiger partial charge in [0.2, 0.25) is 0 Å². The maximum Gasteiger partial charge on any atom is 0.280 e. The van der Waals surface area contributed by atoms with Gasteiger partial charge >= 0.3 is 0 Å². The summed E-state index contributed by atoms with van der Waals surface area (Å²) in [7, 11) is 1.52. The number of para-hydroxylation sites is 1. The van der Waals surface area contributed by atoms with Gasteiger partial charge in [-0.2, -0.15) is 10.1 Å². The molecule has 0 aliphatic carbocycles. The number of rotatable bonds is 7. The number of hydrazone groups is 1. The van der Waals surface area contributed by atoms with Gasteiger partial charge in [0, 0.05) is 5.69 Å². The molecule has 0 saturated carbocycles. The van der Waals surface area contributed by atoms with E-state index in [1.54, 1.807) is 25.1 Å². The first-order valence-electron chi connectivity index (χ1n) is 10.9. The molecule has 1 N–H and O–H groups in total. The highest BCUT2D eigenvalue weighted by Crippen LogP contribution is 2.38. The van der Waals surface area contributed by atoms with E-state index in [1.807, 2.05) is 61.5 Å². The van der Waals surface area contributed by atoms with Crippen molar-refractivity contribution >= 4 is 50.9 Å². The van der Waals surface area contributed by atoms with E-state index in [-0.39, 0.29) is 18.4 Å². The average Bonchev–Trinajstić information content (AvgIpc) is 3.12. The molecule has 7 nitrogen and oxygen atoms in total. The quantitative estimate of drug-likeness (QED) is 0.401. The van der Waals surface area contributed by atoms with E-state index in [0.717, 1.165) is 11.1 Å². The molecule has 0 radical (unpaired) electrons. The summed E-state index contributed by atoms with van der Waals surface area (Å²) in [4.78, 5) is 25.4. The third kappa shape index (κ3) is 5.60. The van der Waals surface area contributed by atoms with Crippen LogP contribution in [0, 0.1) is 6.92 Å². The maximum absolute atomic E-state index is 13.0. The first-order valence-corrected chi connectivity index (χ1v) is 11.7.